The SMILES string of the molecule is CCC(C)c1ccc(NC(=S)Nc2c(F)c(F)c(C(F)(F)F)c(F)c2F)cc1. The second-order valence-corrected chi connectivity index (χ2v) is 6.42. The van der Waals surface area contributed by atoms with Gasteiger partial charge in [-0.25, -0.2) is 17.6 Å². The highest BCUT2D eigenvalue weighted by Gasteiger charge is 2.42. The van der Waals surface area contributed by atoms with Crippen molar-refractivity contribution in [3.05, 3.63) is 58.7 Å². The van der Waals surface area contributed by atoms with Gasteiger partial charge in [0.05, 0.1) is 0 Å². The van der Waals surface area contributed by atoms with Crippen molar-refractivity contribution in [3.8, 4) is 0 Å². The first-order valence-corrected chi connectivity index (χ1v) is 8.49. The van der Waals surface area contributed by atoms with Crippen LogP contribution >= 0.6 is 12.2 Å². The van der Waals surface area contributed by atoms with E-state index in [0.29, 0.717) is 11.6 Å². The van der Waals surface area contributed by atoms with Gasteiger partial charge in [-0.15, -0.1) is 0 Å². The van der Waals surface area contributed by atoms with Crippen LogP contribution in [0.2, 0.25) is 0 Å². The molecule has 0 aliphatic heterocycles. The molecule has 1 unspecified atom stereocenters. The van der Waals surface area contributed by atoms with Crippen LogP contribution in [-0.2, 0) is 6.18 Å². The van der Waals surface area contributed by atoms with E-state index in [0.717, 1.165) is 12.0 Å². The number of halogens is 7. The zero-order valence-corrected chi connectivity index (χ0v) is 15.5. The van der Waals surface area contributed by atoms with E-state index >= 15 is 0 Å². The van der Waals surface area contributed by atoms with Gasteiger partial charge in [0.2, 0.25) is 0 Å². The number of anilines is 2. The monoisotopic (exact) mass is 424 g/mol. The van der Waals surface area contributed by atoms with Crippen molar-refractivity contribution in [1.29, 1.82) is 0 Å². The fraction of sp³-hybridized carbons (Fsp3) is 0.278. The summed E-state index contributed by atoms with van der Waals surface area (Å²) in [5, 5.41) is 3.93. The lowest BCUT2D eigenvalue weighted by molar-refractivity contribution is -0.143. The van der Waals surface area contributed by atoms with E-state index in [1.807, 2.05) is 19.2 Å². The average molecular weight is 424 g/mol. The molecule has 0 saturated carbocycles. The van der Waals surface area contributed by atoms with Gasteiger partial charge in [0.15, 0.2) is 28.4 Å². The van der Waals surface area contributed by atoms with Crippen LogP contribution in [0.15, 0.2) is 24.3 Å². The molecule has 0 heterocycles. The van der Waals surface area contributed by atoms with Crippen molar-refractivity contribution in [2.75, 3.05) is 10.6 Å². The van der Waals surface area contributed by atoms with Crippen LogP contribution in [0.4, 0.5) is 42.1 Å². The van der Waals surface area contributed by atoms with Crippen LogP contribution in [0.25, 0.3) is 0 Å². The van der Waals surface area contributed by atoms with Gasteiger partial charge in [-0.2, -0.15) is 13.2 Å². The van der Waals surface area contributed by atoms with Gasteiger partial charge in [0.25, 0.3) is 0 Å². The largest absolute Gasteiger partial charge is 0.422 e. The number of hydrogen-bond donors (Lipinski definition) is 2. The summed E-state index contributed by atoms with van der Waals surface area (Å²) in [7, 11) is 0. The van der Waals surface area contributed by atoms with Crippen LogP contribution in [0, 0.1) is 23.3 Å². The summed E-state index contributed by atoms with van der Waals surface area (Å²) in [5.74, 6) is -9.28. The Morgan fingerprint density at radius 3 is 1.86 bits per heavy atom. The number of rotatable bonds is 4. The molecule has 10 heteroatoms. The Balaban J connectivity index is 2.25. The minimum absolute atomic E-state index is 0.306. The molecule has 2 aromatic carbocycles. The molecule has 0 aliphatic rings. The van der Waals surface area contributed by atoms with E-state index in [-0.39, 0.29) is 0 Å². The molecule has 0 fully saturated rings. The summed E-state index contributed by atoms with van der Waals surface area (Å²) in [5.41, 5.74) is -2.67. The third kappa shape index (κ3) is 4.54. The molecule has 0 bridgehead atoms. The van der Waals surface area contributed by atoms with Crippen molar-refractivity contribution >= 4 is 28.7 Å². The molecule has 28 heavy (non-hydrogen) atoms. The predicted octanol–water partition coefficient (Wildman–Crippen LogP) is 6.58. The maximum Gasteiger partial charge on any atom is 0.422 e. The van der Waals surface area contributed by atoms with E-state index in [1.54, 1.807) is 24.3 Å². The van der Waals surface area contributed by atoms with Crippen molar-refractivity contribution in [2.24, 2.45) is 0 Å². The molecule has 0 saturated heterocycles. The quantitative estimate of drug-likeness (QED) is 0.329. The molecule has 152 valence electrons. The molecule has 2 rings (SSSR count). The number of hydrogen-bond acceptors (Lipinski definition) is 1. The summed E-state index contributed by atoms with van der Waals surface area (Å²) in [6.07, 6.45) is -4.69. The van der Waals surface area contributed by atoms with Crippen molar-refractivity contribution in [1.82, 2.24) is 0 Å². The van der Waals surface area contributed by atoms with Gasteiger partial charge in [0.1, 0.15) is 11.3 Å². The zero-order chi connectivity index (χ0) is 21.2. The van der Waals surface area contributed by atoms with Gasteiger partial charge in [-0.05, 0) is 42.3 Å². The Kier molecular flexibility index (Phi) is 6.53. The number of benzene rings is 2. The predicted molar refractivity (Wildman–Crippen MR) is 96.3 cm³/mol. The Morgan fingerprint density at radius 1 is 0.929 bits per heavy atom. The van der Waals surface area contributed by atoms with Gasteiger partial charge in [-0.3, -0.25) is 0 Å². The number of alkyl halides is 3. The molecular weight excluding hydrogens is 409 g/mol. The normalized spacial score (nSPS) is 12.6. The Labute approximate surface area is 161 Å². The molecule has 0 radical (unpaired) electrons. The summed E-state index contributed by atoms with van der Waals surface area (Å²) < 4.78 is 92.8. The number of thiocarbonyl (C=S) groups is 1. The van der Waals surface area contributed by atoms with Crippen LogP contribution in [0.3, 0.4) is 0 Å². The zero-order valence-electron chi connectivity index (χ0n) is 14.6. The van der Waals surface area contributed by atoms with Crippen LogP contribution in [-0.4, -0.2) is 5.11 Å². The van der Waals surface area contributed by atoms with Crippen molar-refractivity contribution in [2.45, 2.75) is 32.4 Å². The van der Waals surface area contributed by atoms with Gasteiger partial charge >= 0.3 is 6.18 Å². The minimum Gasteiger partial charge on any atom is -0.332 e. The van der Waals surface area contributed by atoms with Gasteiger partial charge in [0, 0.05) is 5.69 Å². The van der Waals surface area contributed by atoms with Crippen molar-refractivity contribution in [3.63, 3.8) is 0 Å². The third-order valence-corrected chi connectivity index (χ3v) is 4.34. The fourth-order valence-electron chi connectivity index (χ4n) is 2.40. The maximum atomic E-state index is 13.9. The lowest BCUT2D eigenvalue weighted by Gasteiger charge is -2.16. The van der Waals surface area contributed by atoms with E-state index < -0.39 is 45.8 Å². The van der Waals surface area contributed by atoms with Crippen LogP contribution in [0.1, 0.15) is 37.3 Å². The second-order valence-electron chi connectivity index (χ2n) is 6.01. The van der Waals surface area contributed by atoms with Crippen LogP contribution < -0.4 is 10.6 Å². The Hall–Kier alpha value is -2.36. The smallest absolute Gasteiger partial charge is 0.332 e. The summed E-state index contributed by atoms with van der Waals surface area (Å²) in [4.78, 5) is 0. The highest BCUT2D eigenvalue weighted by atomic mass is 32.1. The van der Waals surface area contributed by atoms with Gasteiger partial charge in [-0.1, -0.05) is 26.0 Å². The number of nitrogens with one attached hydrogen (secondary N) is 2. The second kappa shape index (κ2) is 8.34. The fourth-order valence-corrected chi connectivity index (χ4v) is 2.62. The Bertz CT molecular complexity index is 850. The molecule has 0 spiro atoms. The van der Waals surface area contributed by atoms with Crippen LogP contribution in [0.5, 0.6) is 0 Å². The lowest BCUT2D eigenvalue weighted by Crippen LogP contribution is -2.23. The summed E-state index contributed by atoms with van der Waals surface area (Å²) >= 11 is 4.81. The highest BCUT2D eigenvalue weighted by Crippen LogP contribution is 2.38. The van der Waals surface area contributed by atoms with E-state index in [1.165, 1.54) is 0 Å². The van der Waals surface area contributed by atoms with Crippen molar-refractivity contribution < 1.29 is 30.7 Å². The molecule has 2 aromatic rings. The third-order valence-electron chi connectivity index (χ3n) is 4.14. The molecule has 2 nitrogen and oxygen atoms in total. The molecule has 0 amide bonds. The topological polar surface area (TPSA) is 24.1 Å². The Morgan fingerprint density at radius 2 is 1.43 bits per heavy atom. The van der Waals surface area contributed by atoms with E-state index in [9.17, 15) is 30.7 Å². The standard InChI is InChI=1S/C18H15F7N2S/c1-3-8(2)9-4-6-10(7-5-9)26-17(28)27-16-14(21)12(19)11(18(23,24)25)13(20)15(16)22/h4-8H,3H2,1-2H3,(H2,26,27,28). The summed E-state index contributed by atoms with van der Waals surface area (Å²) in [6, 6.07) is 6.82. The molecule has 1 atom stereocenters. The molecule has 0 aromatic heterocycles. The maximum absolute atomic E-state index is 13.9. The first-order chi connectivity index (χ1) is 13.0. The first kappa shape index (κ1) is 21.9. The molecule has 0 aliphatic carbocycles. The average Bonchev–Trinajstić information content (AvgIpc) is 2.62. The lowest BCUT2D eigenvalue weighted by atomic mass is 9.99. The first-order valence-electron chi connectivity index (χ1n) is 8.08. The minimum atomic E-state index is -5.61. The molecular formula is C18H15F7N2S. The highest BCUT2D eigenvalue weighted by molar-refractivity contribution is 7.80. The van der Waals surface area contributed by atoms with E-state index in [4.69, 9.17) is 12.2 Å². The van der Waals surface area contributed by atoms with E-state index in [2.05, 4.69) is 5.32 Å². The van der Waals surface area contributed by atoms with Gasteiger partial charge < -0.3 is 10.6 Å². The summed E-state index contributed by atoms with van der Waals surface area (Å²) in [6.45, 7) is 4.04. The molecule has 2 N–H and O–H groups in total.